The van der Waals surface area contributed by atoms with E-state index in [4.69, 9.17) is 0 Å². The van der Waals surface area contributed by atoms with Crippen LogP contribution in [0.1, 0.15) is 18.4 Å². The smallest absolute Gasteiger partial charge is 0.269 e. The van der Waals surface area contributed by atoms with Crippen molar-refractivity contribution in [2.75, 3.05) is 25.0 Å². The van der Waals surface area contributed by atoms with Crippen LogP contribution < -0.4 is 10.6 Å². The van der Waals surface area contributed by atoms with Crippen molar-refractivity contribution in [3.63, 3.8) is 0 Å². The molecular formula is C20H23FN4O3. The molecule has 0 heterocycles. The molecule has 0 saturated heterocycles. The maximum Gasteiger partial charge on any atom is 0.269 e. The first-order chi connectivity index (χ1) is 13.5. The molecule has 0 aromatic heterocycles. The Balaban J connectivity index is 1.40. The number of nitrogens with zero attached hydrogens (tertiary/aromatic N) is 2. The van der Waals surface area contributed by atoms with Gasteiger partial charge in [-0.2, -0.15) is 0 Å². The van der Waals surface area contributed by atoms with Gasteiger partial charge in [-0.25, -0.2) is 4.39 Å². The van der Waals surface area contributed by atoms with Crippen LogP contribution in [0.2, 0.25) is 0 Å². The van der Waals surface area contributed by atoms with Gasteiger partial charge in [-0.15, -0.1) is 0 Å². The molecule has 28 heavy (non-hydrogen) atoms. The van der Waals surface area contributed by atoms with Gasteiger partial charge in [0.25, 0.3) is 5.69 Å². The largest absolute Gasteiger partial charge is 0.383 e. The number of halogens is 1. The molecule has 0 atom stereocenters. The third-order valence-electron chi connectivity index (χ3n) is 4.56. The second kappa shape index (κ2) is 9.27. The minimum atomic E-state index is -0.443. The Hall–Kier alpha value is -3.00. The van der Waals surface area contributed by atoms with Crippen molar-refractivity contribution in [3.8, 4) is 0 Å². The molecule has 0 spiro atoms. The van der Waals surface area contributed by atoms with Crippen molar-refractivity contribution in [2.24, 2.45) is 0 Å². The van der Waals surface area contributed by atoms with Crippen molar-refractivity contribution in [1.29, 1.82) is 0 Å². The summed E-state index contributed by atoms with van der Waals surface area (Å²) in [6, 6.07) is 12.9. The number of hydrogen-bond donors (Lipinski definition) is 2. The van der Waals surface area contributed by atoms with Crippen LogP contribution in [0, 0.1) is 15.9 Å². The van der Waals surface area contributed by atoms with Gasteiger partial charge in [0.05, 0.1) is 11.5 Å². The van der Waals surface area contributed by atoms with Crippen molar-refractivity contribution in [2.45, 2.75) is 25.4 Å². The zero-order valence-corrected chi connectivity index (χ0v) is 15.4. The van der Waals surface area contributed by atoms with Crippen LogP contribution in [0.25, 0.3) is 0 Å². The number of carbonyl (C=O) groups excluding carboxylic acids is 1. The minimum absolute atomic E-state index is 0.0418. The van der Waals surface area contributed by atoms with Crippen molar-refractivity contribution in [3.05, 3.63) is 70.0 Å². The second-order valence-electron chi connectivity index (χ2n) is 6.84. The van der Waals surface area contributed by atoms with Crippen LogP contribution in [0.3, 0.4) is 0 Å². The van der Waals surface area contributed by atoms with E-state index in [2.05, 4.69) is 15.5 Å². The summed E-state index contributed by atoms with van der Waals surface area (Å²) < 4.78 is 13.0. The summed E-state index contributed by atoms with van der Waals surface area (Å²) in [5, 5.41) is 16.6. The fourth-order valence-corrected chi connectivity index (χ4v) is 2.93. The first-order valence-electron chi connectivity index (χ1n) is 9.25. The topological polar surface area (TPSA) is 87.5 Å². The van der Waals surface area contributed by atoms with Gasteiger partial charge in [-0.05, 0) is 42.7 Å². The summed E-state index contributed by atoms with van der Waals surface area (Å²) in [4.78, 5) is 24.6. The lowest BCUT2D eigenvalue weighted by Gasteiger charge is -2.21. The van der Waals surface area contributed by atoms with E-state index in [9.17, 15) is 19.3 Å². The molecule has 0 radical (unpaired) electrons. The third kappa shape index (κ3) is 6.02. The lowest BCUT2D eigenvalue weighted by atomic mass is 10.2. The number of carbonyl (C=O) groups is 1. The van der Waals surface area contributed by atoms with Crippen molar-refractivity contribution >= 4 is 17.3 Å². The Morgan fingerprint density at radius 1 is 1.11 bits per heavy atom. The molecule has 0 bridgehead atoms. The molecule has 2 N–H and O–H groups in total. The van der Waals surface area contributed by atoms with Gasteiger partial charge in [-0.1, -0.05) is 12.1 Å². The highest BCUT2D eigenvalue weighted by Gasteiger charge is 2.30. The fourth-order valence-electron chi connectivity index (χ4n) is 2.93. The number of hydrogen-bond acceptors (Lipinski definition) is 5. The van der Waals surface area contributed by atoms with E-state index in [1.165, 1.54) is 24.3 Å². The highest BCUT2D eigenvalue weighted by molar-refractivity contribution is 5.78. The molecule has 1 amide bonds. The maximum absolute atomic E-state index is 13.0. The van der Waals surface area contributed by atoms with E-state index in [1.807, 2.05) is 0 Å². The molecular weight excluding hydrogens is 363 g/mol. The Morgan fingerprint density at radius 2 is 1.79 bits per heavy atom. The SMILES string of the molecule is O=C(CN(Cc1ccc(F)cc1)C1CC1)NCCNc1ccc([N+](=O)[O-])cc1. The van der Waals surface area contributed by atoms with Gasteiger partial charge in [0.2, 0.25) is 5.91 Å². The summed E-state index contributed by atoms with van der Waals surface area (Å²) in [5.74, 6) is -0.320. The van der Waals surface area contributed by atoms with E-state index < -0.39 is 4.92 Å². The Labute approximate surface area is 162 Å². The Kier molecular flexibility index (Phi) is 6.54. The van der Waals surface area contributed by atoms with E-state index in [0.717, 1.165) is 24.1 Å². The Bertz CT molecular complexity index is 807. The van der Waals surface area contributed by atoms with Crippen LogP contribution in [0.5, 0.6) is 0 Å². The molecule has 3 rings (SSSR count). The van der Waals surface area contributed by atoms with Gasteiger partial charge in [0.1, 0.15) is 5.82 Å². The number of nitrogens with one attached hydrogen (secondary N) is 2. The summed E-state index contributed by atoms with van der Waals surface area (Å²) in [6.07, 6.45) is 2.16. The predicted molar refractivity (Wildman–Crippen MR) is 104 cm³/mol. The number of nitro groups is 1. The lowest BCUT2D eigenvalue weighted by Crippen LogP contribution is -2.39. The van der Waals surface area contributed by atoms with Gasteiger partial charge in [-0.3, -0.25) is 19.8 Å². The second-order valence-corrected chi connectivity index (χ2v) is 6.84. The van der Waals surface area contributed by atoms with Crippen molar-refractivity contribution in [1.82, 2.24) is 10.2 Å². The standard InChI is InChI=1S/C20H23FN4O3/c21-16-3-1-15(2-4-16)13-24(18-9-10-18)14-20(26)23-12-11-22-17-5-7-19(8-6-17)25(27)28/h1-8,18,22H,9-14H2,(H,23,26). The van der Waals surface area contributed by atoms with E-state index in [-0.39, 0.29) is 17.4 Å². The minimum Gasteiger partial charge on any atom is -0.383 e. The molecule has 1 aliphatic rings. The average molecular weight is 386 g/mol. The van der Waals surface area contributed by atoms with Gasteiger partial charge in [0.15, 0.2) is 0 Å². The van der Waals surface area contributed by atoms with Crippen LogP contribution in [0.15, 0.2) is 48.5 Å². The summed E-state index contributed by atoms with van der Waals surface area (Å²) in [7, 11) is 0. The van der Waals surface area contributed by atoms with Crippen LogP contribution in [-0.2, 0) is 11.3 Å². The van der Waals surface area contributed by atoms with Crippen LogP contribution in [-0.4, -0.2) is 41.4 Å². The Morgan fingerprint density at radius 3 is 2.39 bits per heavy atom. The highest BCUT2D eigenvalue weighted by Crippen LogP contribution is 2.28. The number of rotatable bonds is 10. The molecule has 2 aromatic carbocycles. The third-order valence-corrected chi connectivity index (χ3v) is 4.56. The molecule has 2 aromatic rings. The fraction of sp³-hybridized carbons (Fsp3) is 0.350. The molecule has 1 saturated carbocycles. The van der Waals surface area contributed by atoms with E-state index >= 15 is 0 Å². The number of benzene rings is 2. The molecule has 1 aliphatic carbocycles. The first kappa shape index (κ1) is 19.8. The van der Waals surface area contributed by atoms with E-state index in [1.54, 1.807) is 24.3 Å². The summed E-state index contributed by atoms with van der Waals surface area (Å²) in [5.41, 5.74) is 1.79. The molecule has 0 aliphatic heterocycles. The monoisotopic (exact) mass is 386 g/mol. The van der Waals surface area contributed by atoms with Crippen LogP contribution >= 0.6 is 0 Å². The number of nitro benzene ring substituents is 1. The molecule has 148 valence electrons. The molecule has 1 fully saturated rings. The van der Waals surface area contributed by atoms with Crippen molar-refractivity contribution < 1.29 is 14.1 Å². The molecule has 7 nitrogen and oxygen atoms in total. The highest BCUT2D eigenvalue weighted by atomic mass is 19.1. The average Bonchev–Trinajstić information content (AvgIpc) is 3.52. The lowest BCUT2D eigenvalue weighted by molar-refractivity contribution is -0.384. The summed E-state index contributed by atoms with van der Waals surface area (Å²) in [6.45, 7) is 1.90. The van der Waals surface area contributed by atoms with Crippen LogP contribution in [0.4, 0.5) is 15.8 Å². The quantitative estimate of drug-likeness (QED) is 0.372. The van der Waals surface area contributed by atoms with Gasteiger partial charge >= 0.3 is 0 Å². The molecule has 8 heteroatoms. The zero-order chi connectivity index (χ0) is 19.9. The number of anilines is 1. The summed E-state index contributed by atoms with van der Waals surface area (Å²) >= 11 is 0. The van der Waals surface area contributed by atoms with Gasteiger partial charge in [0, 0.05) is 43.5 Å². The zero-order valence-electron chi connectivity index (χ0n) is 15.4. The normalized spacial score (nSPS) is 13.4. The first-order valence-corrected chi connectivity index (χ1v) is 9.25. The number of non-ortho nitro benzene ring substituents is 1. The number of amides is 1. The predicted octanol–water partition coefficient (Wildman–Crippen LogP) is 2.93. The van der Waals surface area contributed by atoms with Gasteiger partial charge < -0.3 is 10.6 Å². The molecule has 0 unspecified atom stereocenters. The van der Waals surface area contributed by atoms with E-state index in [0.29, 0.717) is 32.2 Å². The maximum atomic E-state index is 13.0.